The lowest BCUT2D eigenvalue weighted by Gasteiger charge is -2.34. The SMILES string of the molecule is CCCCCCCCC=CCCCCCCCC(=O)CC(C(=O)CCCCCCCC=CCCCCCCCC)C(I)[N+](C)(C)C.[Cl-]. The minimum atomic E-state index is -0.159. The smallest absolute Gasteiger partial charge is 0.149 e. The van der Waals surface area contributed by atoms with Crippen LogP contribution in [0.5, 0.6) is 0 Å². The summed E-state index contributed by atoms with van der Waals surface area (Å²) < 4.78 is 0.843. The molecular weight excluding hydrogens is 713 g/mol. The van der Waals surface area contributed by atoms with Gasteiger partial charge in [-0.05, 0) is 86.8 Å². The number of ketones is 2. The molecule has 3 nitrogen and oxygen atoms in total. The van der Waals surface area contributed by atoms with Crippen molar-refractivity contribution in [1.82, 2.24) is 0 Å². The van der Waals surface area contributed by atoms with Crippen molar-refractivity contribution in [3.8, 4) is 0 Å². The Labute approximate surface area is 314 Å². The van der Waals surface area contributed by atoms with Gasteiger partial charge in [0.25, 0.3) is 0 Å². The summed E-state index contributed by atoms with van der Waals surface area (Å²) in [5, 5.41) is 0. The average Bonchev–Trinajstić information content (AvgIpc) is 3.02. The second-order valence-electron chi connectivity index (χ2n) is 15.0. The molecule has 0 aromatic carbocycles. The molecular formula is C42H79ClINO2. The number of hydrogen-bond donors (Lipinski definition) is 0. The normalized spacial score (nSPS) is 13.3. The first-order valence-corrected chi connectivity index (χ1v) is 21.3. The molecule has 47 heavy (non-hydrogen) atoms. The van der Waals surface area contributed by atoms with E-state index in [1.807, 2.05) is 0 Å². The van der Waals surface area contributed by atoms with Crippen LogP contribution >= 0.6 is 22.6 Å². The van der Waals surface area contributed by atoms with Crippen molar-refractivity contribution in [2.45, 2.75) is 204 Å². The molecule has 0 amide bonds. The topological polar surface area (TPSA) is 34.1 Å². The zero-order valence-corrected chi connectivity index (χ0v) is 34.9. The fourth-order valence-corrected chi connectivity index (χ4v) is 6.86. The van der Waals surface area contributed by atoms with Crippen molar-refractivity contribution in [2.75, 3.05) is 21.1 Å². The van der Waals surface area contributed by atoms with E-state index in [1.54, 1.807) is 0 Å². The van der Waals surface area contributed by atoms with E-state index in [0.29, 0.717) is 29.5 Å². The third-order valence-electron chi connectivity index (χ3n) is 9.34. The summed E-state index contributed by atoms with van der Waals surface area (Å²) in [6.07, 6.45) is 44.1. The second-order valence-corrected chi connectivity index (χ2v) is 16.2. The predicted molar refractivity (Wildman–Crippen MR) is 213 cm³/mol. The first-order chi connectivity index (χ1) is 22.2. The van der Waals surface area contributed by atoms with Crippen LogP contribution in [-0.2, 0) is 9.59 Å². The molecule has 2 atom stereocenters. The standard InChI is InChI=1S/C42H79INO2.ClH/c1-6-8-10-12-14-16-18-20-22-24-26-28-30-32-34-36-39(45)38-40(42(43)44(3,4)5)41(46)37-35-33-31-29-27-25-23-21-19-17-15-13-11-9-7-2;/h20-23,40,42H,6-19,24-38H2,1-5H3;1H/q+1;/p-1. The maximum absolute atomic E-state index is 13.3. The van der Waals surface area contributed by atoms with Crippen molar-refractivity contribution in [1.29, 1.82) is 0 Å². The molecule has 0 aliphatic heterocycles. The van der Waals surface area contributed by atoms with Crippen LogP contribution in [0.15, 0.2) is 24.3 Å². The summed E-state index contributed by atoms with van der Waals surface area (Å²) >= 11 is 2.43. The third kappa shape index (κ3) is 32.7. The highest BCUT2D eigenvalue weighted by Crippen LogP contribution is 2.28. The highest BCUT2D eigenvalue weighted by molar-refractivity contribution is 14.1. The van der Waals surface area contributed by atoms with Crippen molar-refractivity contribution >= 4 is 34.2 Å². The molecule has 0 aromatic rings. The van der Waals surface area contributed by atoms with Crippen LogP contribution in [0, 0.1) is 5.92 Å². The van der Waals surface area contributed by atoms with Crippen LogP contribution in [0.4, 0.5) is 0 Å². The van der Waals surface area contributed by atoms with E-state index < -0.39 is 0 Å². The average molecular weight is 792 g/mol. The zero-order chi connectivity index (χ0) is 34.1. The van der Waals surface area contributed by atoms with Crippen LogP contribution in [0.1, 0.15) is 200 Å². The Morgan fingerprint density at radius 3 is 1.19 bits per heavy atom. The Hall–Kier alpha value is -0.200. The molecule has 0 aromatic heterocycles. The summed E-state index contributed by atoms with van der Waals surface area (Å²) in [5.41, 5.74) is 0. The third-order valence-corrected chi connectivity index (χ3v) is 11.9. The van der Waals surface area contributed by atoms with Gasteiger partial charge in [0.15, 0.2) is 0 Å². The van der Waals surface area contributed by atoms with Crippen molar-refractivity contribution in [2.24, 2.45) is 5.92 Å². The molecule has 0 bridgehead atoms. The largest absolute Gasteiger partial charge is 1.00 e. The van der Waals surface area contributed by atoms with E-state index in [-0.39, 0.29) is 28.2 Å². The second kappa shape index (κ2) is 35.6. The first-order valence-electron chi connectivity index (χ1n) is 20.0. The van der Waals surface area contributed by atoms with Gasteiger partial charge < -0.3 is 16.9 Å². The summed E-state index contributed by atoms with van der Waals surface area (Å²) in [5.74, 6) is 0.437. The van der Waals surface area contributed by atoms with Crippen LogP contribution in [-0.4, -0.2) is 41.2 Å². The van der Waals surface area contributed by atoms with Crippen LogP contribution in [0.3, 0.4) is 0 Å². The number of carbonyl (C=O) groups is 2. The number of Topliss-reactive ketones (excluding diaryl/α,β-unsaturated/α-hetero) is 2. The molecule has 0 N–H and O–H groups in total. The molecule has 0 aliphatic carbocycles. The Balaban J connectivity index is 0. The first kappa shape index (κ1) is 48.9. The van der Waals surface area contributed by atoms with Gasteiger partial charge in [-0.25, -0.2) is 0 Å². The lowest BCUT2D eigenvalue weighted by Crippen LogP contribution is -3.00. The molecule has 5 heteroatoms. The fourth-order valence-electron chi connectivity index (χ4n) is 6.20. The highest BCUT2D eigenvalue weighted by atomic mass is 127. The molecule has 0 fully saturated rings. The monoisotopic (exact) mass is 791 g/mol. The summed E-state index contributed by atoms with van der Waals surface area (Å²) in [4.78, 5) is 26.3. The number of quaternary nitrogens is 1. The van der Waals surface area contributed by atoms with E-state index in [0.717, 1.165) is 25.7 Å². The van der Waals surface area contributed by atoms with Gasteiger partial charge >= 0.3 is 0 Å². The van der Waals surface area contributed by atoms with E-state index in [9.17, 15) is 9.59 Å². The molecule has 0 saturated carbocycles. The lowest BCUT2D eigenvalue weighted by molar-refractivity contribution is -0.879. The maximum Gasteiger partial charge on any atom is 0.149 e. The van der Waals surface area contributed by atoms with E-state index in [4.69, 9.17) is 0 Å². The van der Waals surface area contributed by atoms with Crippen molar-refractivity contribution in [3.05, 3.63) is 24.3 Å². The molecule has 0 spiro atoms. The quantitative estimate of drug-likeness (QED) is 0.0160. The number of rotatable bonds is 35. The number of hydrogen-bond acceptors (Lipinski definition) is 2. The van der Waals surface area contributed by atoms with Gasteiger partial charge in [0.1, 0.15) is 15.6 Å². The van der Waals surface area contributed by atoms with Gasteiger partial charge in [0.2, 0.25) is 0 Å². The van der Waals surface area contributed by atoms with Gasteiger partial charge in [0.05, 0.1) is 27.1 Å². The summed E-state index contributed by atoms with van der Waals surface area (Å²) in [7, 11) is 6.44. The zero-order valence-electron chi connectivity index (χ0n) is 32.0. The van der Waals surface area contributed by atoms with Crippen LogP contribution < -0.4 is 12.4 Å². The molecule has 0 aliphatic rings. The lowest BCUT2D eigenvalue weighted by atomic mass is 9.91. The number of unbranched alkanes of at least 4 members (excludes halogenated alkanes) is 22. The van der Waals surface area contributed by atoms with Crippen molar-refractivity contribution < 1.29 is 26.5 Å². The van der Waals surface area contributed by atoms with E-state index in [2.05, 4.69) is 81.9 Å². The van der Waals surface area contributed by atoms with Crippen LogP contribution in [0.2, 0.25) is 0 Å². The predicted octanol–water partition coefficient (Wildman–Crippen LogP) is 10.7. The Bertz CT molecular complexity index is 760. The Kier molecular flexibility index (Phi) is 37.1. The number of carbonyl (C=O) groups excluding carboxylic acids is 2. The number of alkyl halides is 1. The number of allylic oxidation sites excluding steroid dienone is 4. The van der Waals surface area contributed by atoms with Gasteiger partial charge in [-0.15, -0.1) is 0 Å². The number of halogens is 2. The van der Waals surface area contributed by atoms with Gasteiger partial charge in [-0.2, -0.15) is 0 Å². The van der Waals surface area contributed by atoms with E-state index in [1.165, 1.54) is 141 Å². The minimum absolute atomic E-state index is 0. The Morgan fingerprint density at radius 2 is 0.830 bits per heavy atom. The Morgan fingerprint density at radius 1 is 0.511 bits per heavy atom. The fraction of sp³-hybridized carbons (Fsp3) is 0.857. The van der Waals surface area contributed by atoms with Gasteiger partial charge in [0, 0.05) is 19.3 Å². The van der Waals surface area contributed by atoms with Gasteiger partial charge in [-0.3, -0.25) is 9.59 Å². The van der Waals surface area contributed by atoms with Gasteiger partial charge in [-0.1, -0.05) is 141 Å². The molecule has 278 valence electrons. The van der Waals surface area contributed by atoms with E-state index >= 15 is 0 Å². The number of nitrogens with zero attached hydrogens (tertiary/aromatic N) is 1. The minimum Gasteiger partial charge on any atom is -1.00 e. The molecule has 2 unspecified atom stereocenters. The molecule has 0 heterocycles. The van der Waals surface area contributed by atoms with Crippen LogP contribution in [0.25, 0.3) is 0 Å². The summed E-state index contributed by atoms with van der Waals surface area (Å²) in [6, 6.07) is 0. The maximum atomic E-state index is 13.3. The molecule has 0 rings (SSSR count). The molecule has 0 radical (unpaired) electrons. The molecule has 0 saturated heterocycles. The highest BCUT2D eigenvalue weighted by Gasteiger charge is 2.36. The van der Waals surface area contributed by atoms with Crippen molar-refractivity contribution in [3.63, 3.8) is 0 Å². The summed E-state index contributed by atoms with van der Waals surface area (Å²) in [6.45, 7) is 4.55.